The number of fused-ring (bicyclic) bond motifs is 5. The summed E-state index contributed by atoms with van der Waals surface area (Å²) in [6, 6.07) is 0.596. The van der Waals surface area contributed by atoms with E-state index in [9.17, 15) is 15.0 Å². The van der Waals surface area contributed by atoms with Crippen LogP contribution >= 0.6 is 0 Å². The first-order valence-electron chi connectivity index (χ1n) is 15.7. The van der Waals surface area contributed by atoms with Crippen LogP contribution in [0.4, 0.5) is 0 Å². The first kappa shape index (κ1) is 29.3. The Kier molecular flexibility index (Phi) is 10.0. The van der Waals surface area contributed by atoms with E-state index in [0.29, 0.717) is 47.0 Å². The molecule has 37 heavy (non-hydrogen) atoms. The molecule has 0 aromatic heterocycles. The Labute approximate surface area is 226 Å². The van der Waals surface area contributed by atoms with E-state index >= 15 is 0 Å². The second-order valence-electron chi connectivity index (χ2n) is 14.0. The monoisotopic (exact) mass is 519 g/mol. The van der Waals surface area contributed by atoms with E-state index in [-0.39, 0.29) is 17.9 Å². The molecule has 0 amide bonds. The third-order valence-electron chi connectivity index (χ3n) is 12.0. The highest BCUT2D eigenvalue weighted by atomic mass is 16.4. The third-order valence-corrected chi connectivity index (χ3v) is 12.0. The summed E-state index contributed by atoms with van der Waals surface area (Å²) in [5.41, 5.74) is 6.19. The van der Waals surface area contributed by atoms with Gasteiger partial charge in [-0.05, 0) is 150 Å². The number of hydrogen-bond acceptors (Lipinski definition) is 5. The van der Waals surface area contributed by atoms with E-state index in [1.807, 2.05) is 0 Å². The molecule has 6 heteroatoms. The van der Waals surface area contributed by atoms with Crippen LogP contribution in [0.2, 0.25) is 0 Å². The first-order valence-corrected chi connectivity index (χ1v) is 15.7. The maximum Gasteiger partial charge on any atom is 0.303 e. The molecule has 3 unspecified atom stereocenters. The molecule has 4 aliphatic rings. The predicted molar refractivity (Wildman–Crippen MR) is 150 cm³/mol. The molecular weight excluding hydrogens is 462 g/mol. The van der Waals surface area contributed by atoms with Gasteiger partial charge in [-0.1, -0.05) is 20.8 Å². The molecule has 6 nitrogen and oxygen atoms in total. The summed E-state index contributed by atoms with van der Waals surface area (Å²) in [4.78, 5) is 11.2. The molecule has 10 atom stereocenters. The molecule has 0 aromatic rings. The predicted octanol–water partition coefficient (Wildman–Crippen LogP) is 4.79. The van der Waals surface area contributed by atoms with Crippen LogP contribution in [0.15, 0.2) is 0 Å². The smallest absolute Gasteiger partial charge is 0.303 e. The standard InChI is InChI=1S/C31H57N3O3/c1-21(7-10-28(36)37)24-8-9-25-29-26(12-14-31(24,25)3)30(2)13-11-23(19-22(30)20-27(29)35)34-18-6-17-33-16-5-4-15-32/h21-27,29,33-35H,4-20,32H2,1-3H3,(H,36,37)/t21-,22-,23+,24-,25?,26?,27-,29?,30+,31-/m1/s1. The fourth-order valence-corrected chi connectivity index (χ4v) is 9.97. The molecule has 0 radical (unpaired) electrons. The number of aliphatic hydroxyl groups excluding tert-OH is 1. The summed E-state index contributed by atoms with van der Waals surface area (Å²) in [6.45, 7) is 11.4. The minimum atomic E-state index is -0.669. The number of carbonyl (C=O) groups is 1. The van der Waals surface area contributed by atoms with Crippen molar-refractivity contribution < 1.29 is 15.0 Å². The van der Waals surface area contributed by atoms with Crippen LogP contribution in [-0.4, -0.2) is 54.5 Å². The Morgan fingerprint density at radius 3 is 2.46 bits per heavy atom. The van der Waals surface area contributed by atoms with Gasteiger partial charge in [-0.15, -0.1) is 0 Å². The molecule has 0 saturated heterocycles. The topological polar surface area (TPSA) is 108 Å². The molecular formula is C31H57N3O3. The number of rotatable bonds is 13. The van der Waals surface area contributed by atoms with Crippen LogP contribution in [0.25, 0.3) is 0 Å². The van der Waals surface area contributed by atoms with Gasteiger partial charge in [-0.3, -0.25) is 4.79 Å². The molecule has 0 heterocycles. The summed E-state index contributed by atoms with van der Waals surface area (Å²) in [7, 11) is 0. The highest BCUT2D eigenvalue weighted by Crippen LogP contribution is 2.68. The normalized spacial score (nSPS) is 42.0. The lowest BCUT2D eigenvalue weighted by atomic mass is 9.43. The van der Waals surface area contributed by atoms with Gasteiger partial charge < -0.3 is 26.6 Å². The largest absolute Gasteiger partial charge is 0.481 e. The molecule has 4 saturated carbocycles. The van der Waals surface area contributed by atoms with Gasteiger partial charge in [0.1, 0.15) is 0 Å². The molecule has 6 N–H and O–H groups in total. The highest BCUT2D eigenvalue weighted by Gasteiger charge is 2.62. The van der Waals surface area contributed by atoms with Gasteiger partial charge in [0.05, 0.1) is 6.10 Å². The summed E-state index contributed by atoms with van der Waals surface area (Å²) in [6.07, 6.45) is 14.1. The Hall–Kier alpha value is -0.690. The molecule has 4 aliphatic carbocycles. The van der Waals surface area contributed by atoms with Crippen LogP contribution in [-0.2, 0) is 4.79 Å². The third kappa shape index (κ3) is 6.23. The van der Waals surface area contributed by atoms with Crippen LogP contribution < -0.4 is 16.4 Å². The van der Waals surface area contributed by atoms with Gasteiger partial charge in [0.15, 0.2) is 0 Å². The zero-order valence-corrected chi connectivity index (χ0v) is 24.0. The average molecular weight is 520 g/mol. The molecule has 0 bridgehead atoms. The van der Waals surface area contributed by atoms with E-state index in [2.05, 4.69) is 31.4 Å². The van der Waals surface area contributed by atoms with Crippen molar-refractivity contribution in [1.29, 1.82) is 0 Å². The SMILES string of the molecule is C[C@H](CCC(=O)O)[C@H]1CCC2C3C(CC[C@@]21C)[C@@]1(C)CC[C@H](NCCCNCCCCN)C[C@@H]1C[C@H]3O. The number of unbranched alkanes of at least 4 members (excludes halogenated alkanes) is 1. The number of nitrogens with one attached hydrogen (secondary N) is 2. The van der Waals surface area contributed by atoms with Crippen molar-refractivity contribution in [3.8, 4) is 0 Å². The van der Waals surface area contributed by atoms with Crippen LogP contribution in [0.5, 0.6) is 0 Å². The molecule has 0 aromatic carbocycles. The Bertz CT molecular complexity index is 749. The zero-order valence-electron chi connectivity index (χ0n) is 24.0. The Morgan fingerprint density at radius 2 is 1.70 bits per heavy atom. The number of carboxylic acid groups (broad SMARTS) is 1. The maximum absolute atomic E-state index is 11.6. The molecule has 4 rings (SSSR count). The number of carboxylic acids is 1. The Balaban J connectivity index is 1.31. The Morgan fingerprint density at radius 1 is 0.973 bits per heavy atom. The molecule has 4 fully saturated rings. The van der Waals surface area contributed by atoms with Gasteiger partial charge in [0.25, 0.3) is 0 Å². The van der Waals surface area contributed by atoms with Crippen molar-refractivity contribution in [2.75, 3.05) is 26.2 Å². The summed E-state index contributed by atoms with van der Waals surface area (Å²) >= 11 is 0. The molecule has 0 spiro atoms. The molecule has 0 aliphatic heterocycles. The van der Waals surface area contributed by atoms with Gasteiger partial charge in [0.2, 0.25) is 0 Å². The summed E-state index contributed by atoms with van der Waals surface area (Å²) < 4.78 is 0. The first-order chi connectivity index (χ1) is 17.7. The fraction of sp³-hybridized carbons (Fsp3) is 0.968. The van der Waals surface area contributed by atoms with Crippen molar-refractivity contribution in [2.45, 2.75) is 116 Å². The van der Waals surface area contributed by atoms with Gasteiger partial charge in [-0.25, -0.2) is 0 Å². The van der Waals surface area contributed by atoms with E-state index in [1.165, 1.54) is 57.8 Å². The lowest BCUT2D eigenvalue weighted by Crippen LogP contribution is -2.59. The van der Waals surface area contributed by atoms with Crippen molar-refractivity contribution in [3.63, 3.8) is 0 Å². The lowest BCUT2D eigenvalue weighted by molar-refractivity contribution is -0.167. The van der Waals surface area contributed by atoms with E-state index < -0.39 is 5.97 Å². The van der Waals surface area contributed by atoms with Crippen molar-refractivity contribution in [2.24, 2.45) is 52.1 Å². The van der Waals surface area contributed by atoms with Crippen molar-refractivity contribution in [1.82, 2.24) is 10.6 Å². The van der Waals surface area contributed by atoms with Gasteiger partial charge in [-0.2, -0.15) is 0 Å². The van der Waals surface area contributed by atoms with Gasteiger partial charge in [0, 0.05) is 12.5 Å². The van der Waals surface area contributed by atoms with E-state index in [4.69, 9.17) is 5.73 Å². The minimum Gasteiger partial charge on any atom is -0.481 e. The van der Waals surface area contributed by atoms with Crippen LogP contribution in [0.1, 0.15) is 104 Å². The number of nitrogens with two attached hydrogens (primary N) is 1. The van der Waals surface area contributed by atoms with E-state index in [0.717, 1.165) is 45.4 Å². The van der Waals surface area contributed by atoms with Crippen molar-refractivity contribution >= 4 is 5.97 Å². The summed E-state index contributed by atoms with van der Waals surface area (Å²) in [5, 5.41) is 28.2. The van der Waals surface area contributed by atoms with Crippen LogP contribution in [0, 0.1) is 46.3 Å². The quantitative estimate of drug-likeness (QED) is 0.224. The zero-order chi connectivity index (χ0) is 26.6. The number of aliphatic carboxylic acids is 1. The highest BCUT2D eigenvalue weighted by molar-refractivity contribution is 5.66. The maximum atomic E-state index is 11.6. The number of aliphatic hydroxyl groups is 1. The second-order valence-corrected chi connectivity index (χ2v) is 14.0. The lowest BCUT2D eigenvalue weighted by Gasteiger charge is -2.62. The van der Waals surface area contributed by atoms with Gasteiger partial charge >= 0.3 is 5.97 Å². The second kappa shape index (κ2) is 12.7. The summed E-state index contributed by atoms with van der Waals surface area (Å²) in [5.74, 6) is 2.69. The minimum absolute atomic E-state index is 0.169. The van der Waals surface area contributed by atoms with E-state index in [1.54, 1.807) is 0 Å². The van der Waals surface area contributed by atoms with Crippen LogP contribution in [0.3, 0.4) is 0 Å². The fourth-order valence-electron chi connectivity index (χ4n) is 9.97. The average Bonchev–Trinajstić information content (AvgIpc) is 3.22. The van der Waals surface area contributed by atoms with Crippen molar-refractivity contribution in [3.05, 3.63) is 0 Å². The number of hydrogen-bond donors (Lipinski definition) is 5. The molecule has 214 valence electrons.